The van der Waals surface area contributed by atoms with Gasteiger partial charge >= 0.3 is 6.03 Å². The Morgan fingerprint density at radius 2 is 2.00 bits per heavy atom. The number of rotatable bonds is 5. The van der Waals surface area contributed by atoms with Gasteiger partial charge in [0.15, 0.2) is 0 Å². The van der Waals surface area contributed by atoms with E-state index in [4.69, 9.17) is 11.6 Å². The van der Waals surface area contributed by atoms with E-state index < -0.39 is 10.0 Å². The summed E-state index contributed by atoms with van der Waals surface area (Å²) in [7, 11) is -0.820. The molecule has 0 unspecified atom stereocenters. The van der Waals surface area contributed by atoms with Crippen molar-refractivity contribution in [3.05, 3.63) is 23.2 Å². The van der Waals surface area contributed by atoms with Crippen LogP contribution in [0.1, 0.15) is 13.3 Å². The highest BCUT2D eigenvalue weighted by atomic mass is 35.5. The summed E-state index contributed by atoms with van der Waals surface area (Å²) < 4.78 is 25.2. The van der Waals surface area contributed by atoms with Crippen LogP contribution < -0.4 is 10.6 Å². The number of nitrogens with zero attached hydrogens (tertiary/aromatic N) is 1. The number of hydrogen-bond donors (Lipinski definition) is 2. The number of hydrogen-bond acceptors (Lipinski definition) is 3. The molecule has 20 heavy (non-hydrogen) atoms. The van der Waals surface area contributed by atoms with Gasteiger partial charge in [-0.05, 0) is 24.6 Å². The Balaban J connectivity index is 3.01. The third-order valence-electron chi connectivity index (χ3n) is 2.48. The van der Waals surface area contributed by atoms with Gasteiger partial charge in [0.25, 0.3) is 0 Å². The molecule has 0 spiro atoms. The van der Waals surface area contributed by atoms with Crippen LogP contribution in [0.25, 0.3) is 0 Å². The number of sulfonamides is 1. The number of benzene rings is 1. The molecule has 1 aromatic rings. The van der Waals surface area contributed by atoms with E-state index in [1.165, 1.54) is 26.2 Å². The third-order valence-corrected chi connectivity index (χ3v) is 4.78. The van der Waals surface area contributed by atoms with Crippen LogP contribution in [0.5, 0.6) is 0 Å². The number of urea groups is 1. The van der Waals surface area contributed by atoms with E-state index in [9.17, 15) is 13.2 Å². The minimum atomic E-state index is -3.65. The first kappa shape index (κ1) is 16.7. The van der Waals surface area contributed by atoms with Crippen LogP contribution in [0.2, 0.25) is 5.02 Å². The molecular formula is C12H18ClN3O3S. The second-order valence-corrected chi connectivity index (χ2v) is 6.84. The van der Waals surface area contributed by atoms with Crippen LogP contribution in [0.4, 0.5) is 10.5 Å². The smallest absolute Gasteiger partial charge is 0.319 e. The van der Waals surface area contributed by atoms with Crippen molar-refractivity contribution in [3.8, 4) is 0 Å². The van der Waals surface area contributed by atoms with Crippen molar-refractivity contribution in [2.24, 2.45) is 0 Å². The average Bonchev–Trinajstić information content (AvgIpc) is 2.38. The summed E-state index contributed by atoms with van der Waals surface area (Å²) in [6.45, 7) is 2.48. The van der Waals surface area contributed by atoms with E-state index in [0.717, 1.165) is 10.7 Å². The highest BCUT2D eigenvalue weighted by molar-refractivity contribution is 7.89. The molecular weight excluding hydrogens is 302 g/mol. The van der Waals surface area contributed by atoms with Gasteiger partial charge in [-0.2, -0.15) is 0 Å². The van der Waals surface area contributed by atoms with Crippen molar-refractivity contribution in [1.82, 2.24) is 9.62 Å². The Labute approximate surface area is 124 Å². The molecule has 0 heterocycles. The standard InChI is InChI=1S/C12H18ClN3O3S/c1-4-7-14-12(17)15-9-5-6-10(13)11(8-9)20(18,19)16(2)3/h5-6,8H,4,7H2,1-3H3,(H2,14,15,17). The Morgan fingerprint density at radius 3 is 2.55 bits per heavy atom. The number of nitrogens with one attached hydrogen (secondary N) is 2. The molecule has 0 aliphatic carbocycles. The highest BCUT2D eigenvalue weighted by Gasteiger charge is 2.21. The molecule has 2 amide bonds. The Bertz CT molecular complexity index is 588. The molecule has 0 saturated carbocycles. The first-order valence-corrected chi connectivity index (χ1v) is 7.87. The summed E-state index contributed by atoms with van der Waals surface area (Å²) in [5.41, 5.74) is 0.364. The van der Waals surface area contributed by atoms with Crippen molar-refractivity contribution in [2.45, 2.75) is 18.2 Å². The SMILES string of the molecule is CCCNC(=O)Nc1ccc(Cl)c(S(=O)(=O)N(C)C)c1. The van der Waals surface area contributed by atoms with Crippen LogP contribution in [0.3, 0.4) is 0 Å². The predicted octanol–water partition coefficient (Wildman–Crippen LogP) is 2.12. The molecule has 8 heteroatoms. The van der Waals surface area contributed by atoms with E-state index in [1.807, 2.05) is 6.92 Å². The normalized spacial score (nSPS) is 11.4. The van der Waals surface area contributed by atoms with Gasteiger partial charge in [-0.15, -0.1) is 0 Å². The molecule has 0 radical (unpaired) electrons. The molecule has 0 saturated heterocycles. The quantitative estimate of drug-likeness (QED) is 0.872. The Hall–Kier alpha value is -1.31. The van der Waals surface area contributed by atoms with Crippen LogP contribution >= 0.6 is 11.6 Å². The molecule has 0 aliphatic heterocycles. The van der Waals surface area contributed by atoms with Crippen molar-refractivity contribution in [3.63, 3.8) is 0 Å². The number of carbonyl (C=O) groups excluding carboxylic acids is 1. The van der Waals surface area contributed by atoms with Crippen LogP contribution in [-0.2, 0) is 10.0 Å². The van der Waals surface area contributed by atoms with Gasteiger partial charge in [-0.1, -0.05) is 18.5 Å². The minimum absolute atomic E-state index is 0.0440. The van der Waals surface area contributed by atoms with Crippen molar-refractivity contribution >= 4 is 33.3 Å². The molecule has 0 bridgehead atoms. The monoisotopic (exact) mass is 319 g/mol. The summed E-state index contributed by atoms with van der Waals surface area (Å²) in [4.78, 5) is 11.5. The number of anilines is 1. The Kier molecular flexibility index (Phi) is 5.79. The minimum Gasteiger partial charge on any atom is -0.338 e. The molecule has 0 aromatic heterocycles. The summed E-state index contributed by atoms with van der Waals surface area (Å²) in [6, 6.07) is 3.93. The first-order valence-electron chi connectivity index (χ1n) is 6.06. The molecule has 2 N–H and O–H groups in total. The van der Waals surface area contributed by atoms with Gasteiger partial charge in [0.05, 0.1) is 5.02 Å². The molecule has 1 rings (SSSR count). The molecule has 112 valence electrons. The molecule has 0 fully saturated rings. The van der Waals surface area contributed by atoms with Gasteiger partial charge < -0.3 is 10.6 Å². The van der Waals surface area contributed by atoms with E-state index in [1.54, 1.807) is 6.07 Å². The summed E-state index contributed by atoms with van der Waals surface area (Å²) in [6.07, 6.45) is 0.814. The van der Waals surface area contributed by atoms with E-state index in [0.29, 0.717) is 12.2 Å². The fourth-order valence-corrected chi connectivity index (χ4v) is 2.78. The van der Waals surface area contributed by atoms with Crippen molar-refractivity contribution in [1.29, 1.82) is 0 Å². The lowest BCUT2D eigenvalue weighted by Crippen LogP contribution is -2.29. The summed E-state index contributed by atoms with van der Waals surface area (Å²) in [5.74, 6) is 0. The lowest BCUT2D eigenvalue weighted by atomic mass is 10.3. The van der Waals surface area contributed by atoms with Crippen LogP contribution in [0.15, 0.2) is 23.1 Å². The zero-order valence-electron chi connectivity index (χ0n) is 11.6. The van der Waals surface area contributed by atoms with E-state index >= 15 is 0 Å². The topological polar surface area (TPSA) is 78.5 Å². The fourth-order valence-electron chi connectivity index (χ4n) is 1.39. The maximum atomic E-state index is 12.1. The van der Waals surface area contributed by atoms with Gasteiger partial charge in [0.1, 0.15) is 4.90 Å². The molecule has 6 nitrogen and oxygen atoms in total. The second-order valence-electron chi connectivity index (χ2n) is 4.31. The maximum Gasteiger partial charge on any atom is 0.319 e. The van der Waals surface area contributed by atoms with Crippen molar-refractivity contribution < 1.29 is 13.2 Å². The van der Waals surface area contributed by atoms with Gasteiger partial charge in [0.2, 0.25) is 10.0 Å². The summed E-state index contributed by atoms with van der Waals surface area (Å²) in [5, 5.41) is 5.31. The Morgan fingerprint density at radius 1 is 1.35 bits per heavy atom. The zero-order chi connectivity index (χ0) is 15.3. The van der Waals surface area contributed by atoms with E-state index in [2.05, 4.69) is 10.6 Å². The van der Waals surface area contributed by atoms with Crippen LogP contribution in [0, 0.1) is 0 Å². The van der Waals surface area contributed by atoms with Crippen LogP contribution in [-0.4, -0.2) is 39.4 Å². The number of carbonyl (C=O) groups is 1. The maximum absolute atomic E-state index is 12.1. The molecule has 1 aromatic carbocycles. The lowest BCUT2D eigenvalue weighted by molar-refractivity contribution is 0.252. The van der Waals surface area contributed by atoms with E-state index in [-0.39, 0.29) is 15.9 Å². The number of halogens is 1. The molecule has 0 atom stereocenters. The molecule has 0 aliphatic rings. The van der Waals surface area contributed by atoms with Gasteiger partial charge in [-0.3, -0.25) is 0 Å². The average molecular weight is 320 g/mol. The largest absolute Gasteiger partial charge is 0.338 e. The van der Waals surface area contributed by atoms with Gasteiger partial charge in [-0.25, -0.2) is 17.5 Å². The highest BCUT2D eigenvalue weighted by Crippen LogP contribution is 2.26. The fraction of sp³-hybridized carbons (Fsp3) is 0.417. The third kappa shape index (κ3) is 4.09. The van der Waals surface area contributed by atoms with Crippen molar-refractivity contribution in [2.75, 3.05) is 26.0 Å². The second kappa shape index (κ2) is 6.92. The lowest BCUT2D eigenvalue weighted by Gasteiger charge is -2.14. The summed E-state index contributed by atoms with van der Waals surface area (Å²) >= 11 is 5.91. The van der Waals surface area contributed by atoms with Gasteiger partial charge in [0, 0.05) is 26.3 Å². The predicted molar refractivity (Wildman–Crippen MR) is 79.6 cm³/mol. The zero-order valence-corrected chi connectivity index (χ0v) is 13.2. The first-order chi connectivity index (χ1) is 9.28. The number of amides is 2.